The van der Waals surface area contributed by atoms with Crippen molar-refractivity contribution in [1.29, 1.82) is 0 Å². The lowest BCUT2D eigenvalue weighted by molar-refractivity contribution is -0.157. The number of carbonyl (C=O) groups is 2. The summed E-state index contributed by atoms with van der Waals surface area (Å²) in [5, 5.41) is 2.48. The Hall–Kier alpha value is -1.47. The first-order valence-corrected chi connectivity index (χ1v) is 8.06. The number of halogens is 3. The first kappa shape index (κ1) is 17.9. The van der Waals surface area contributed by atoms with Gasteiger partial charge in [0.1, 0.15) is 6.54 Å². The monoisotopic (exact) mass is 335 g/mol. The smallest absolute Gasteiger partial charge is 0.335 e. The Morgan fingerprint density at radius 1 is 1.26 bits per heavy atom. The first-order valence-electron chi connectivity index (χ1n) is 8.06. The van der Waals surface area contributed by atoms with Crippen molar-refractivity contribution in [1.82, 2.24) is 15.1 Å². The van der Waals surface area contributed by atoms with Crippen molar-refractivity contribution in [2.45, 2.75) is 57.3 Å². The van der Waals surface area contributed by atoms with Gasteiger partial charge in [0, 0.05) is 19.1 Å². The minimum atomic E-state index is -4.44. The normalized spacial score (nSPS) is 27.5. The molecule has 2 aliphatic rings. The summed E-state index contributed by atoms with van der Waals surface area (Å²) in [6, 6.07) is -0.0477. The molecule has 1 heterocycles. The Bertz CT molecular complexity index is 456. The summed E-state index contributed by atoms with van der Waals surface area (Å²) in [7, 11) is 1.08. The number of fused-ring (bicyclic) bond motifs is 1. The number of amides is 3. The maximum absolute atomic E-state index is 12.3. The molecule has 1 saturated carbocycles. The Morgan fingerprint density at radius 3 is 2.57 bits per heavy atom. The second-order valence-electron chi connectivity index (χ2n) is 6.63. The van der Waals surface area contributed by atoms with Gasteiger partial charge in [0.15, 0.2) is 0 Å². The van der Waals surface area contributed by atoms with E-state index in [2.05, 4.69) is 5.32 Å². The van der Waals surface area contributed by atoms with Crippen LogP contribution in [0.2, 0.25) is 0 Å². The molecule has 0 radical (unpaired) electrons. The van der Waals surface area contributed by atoms with Crippen molar-refractivity contribution >= 4 is 11.9 Å². The van der Waals surface area contributed by atoms with Crippen LogP contribution in [0.25, 0.3) is 0 Å². The third-order valence-corrected chi connectivity index (χ3v) is 4.81. The van der Waals surface area contributed by atoms with E-state index in [-0.39, 0.29) is 18.1 Å². The molecule has 8 heteroatoms. The van der Waals surface area contributed by atoms with Crippen molar-refractivity contribution in [2.75, 3.05) is 20.1 Å². The van der Waals surface area contributed by atoms with Gasteiger partial charge in [-0.1, -0.05) is 12.8 Å². The van der Waals surface area contributed by atoms with E-state index in [9.17, 15) is 22.8 Å². The van der Waals surface area contributed by atoms with Crippen molar-refractivity contribution in [3.05, 3.63) is 0 Å². The standard InChI is InChI=1S/C15H24F3N3O2/c1-10-7-11-5-3-4-6-12(11)21(10)14(23)19-8-13(22)20(2)9-15(16,17)18/h10-12H,3-9H2,1-2H3,(H,19,23)/t10-,11+,12-/m1/s1. The highest BCUT2D eigenvalue weighted by Crippen LogP contribution is 2.39. The fraction of sp³-hybridized carbons (Fsp3) is 0.867. The molecule has 3 amide bonds. The third-order valence-electron chi connectivity index (χ3n) is 4.81. The number of carbonyl (C=O) groups excluding carboxylic acids is 2. The van der Waals surface area contributed by atoms with E-state index >= 15 is 0 Å². The van der Waals surface area contributed by atoms with Crippen LogP contribution in [0.15, 0.2) is 0 Å². The lowest BCUT2D eigenvalue weighted by Gasteiger charge is -2.33. The molecule has 1 aliphatic heterocycles. The number of likely N-dealkylation sites (tertiary alicyclic amines) is 1. The van der Waals surface area contributed by atoms with Crippen molar-refractivity contribution in [2.24, 2.45) is 5.92 Å². The third kappa shape index (κ3) is 4.51. The molecule has 0 unspecified atom stereocenters. The van der Waals surface area contributed by atoms with Gasteiger partial charge in [-0.05, 0) is 32.1 Å². The number of hydrogen-bond acceptors (Lipinski definition) is 2. The van der Waals surface area contributed by atoms with Crippen LogP contribution in [0.4, 0.5) is 18.0 Å². The highest BCUT2D eigenvalue weighted by atomic mass is 19.4. The van der Waals surface area contributed by atoms with Gasteiger partial charge in [-0.3, -0.25) is 4.79 Å². The molecule has 2 rings (SSSR count). The zero-order chi connectivity index (χ0) is 17.2. The van der Waals surface area contributed by atoms with Crippen molar-refractivity contribution in [3.63, 3.8) is 0 Å². The van der Waals surface area contributed by atoms with Crippen LogP contribution in [0.3, 0.4) is 0 Å². The zero-order valence-corrected chi connectivity index (χ0v) is 13.5. The molecule has 1 saturated heterocycles. The van der Waals surface area contributed by atoms with Crippen LogP contribution in [-0.2, 0) is 4.79 Å². The van der Waals surface area contributed by atoms with Gasteiger partial charge in [-0.25, -0.2) is 4.79 Å². The van der Waals surface area contributed by atoms with Crippen molar-refractivity contribution in [3.8, 4) is 0 Å². The van der Waals surface area contributed by atoms with Crippen LogP contribution >= 0.6 is 0 Å². The topological polar surface area (TPSA) is 52.7 Å². The molecule has 2 fully saturated rings. The van der Waals surface area contributed by atoms with Gasteiger partial charge in [0.05, 0.1) is 6.54 Å². The first-order chi connectivity index (χ1) is 10.7. The molecule has 0 aromatic heterocycles. The molecular weight excluding hydrogens is 311 g/mol. The van der Waals surface area contributed by atoms with E-state index in [0.29, 0.717) is 10.8 Å². The highest BCUT2D eigenvalue weighted by molar-refractivity contribution is 5.84. The summed E-state index contributed by atoms with van der Waals surface area (Å²) in [5.74, 6) is -0.240. The SMILES string of the molecule is C[C@@H]1C[C@@H]2CCCC[C@H]2N1C(=O)NCC(=O)N(C)CC(F)(F)F. The van der Waals surface area contributed by atoms with E-state index < -0.39 is 25.2 Å². The number of alkyl halides is 3. The van der Waals surface area contributed by atoms with E-state index in [4.69, 9.17) is 0 Å². The molecule has 1 N–H and O–H groups in total. The molecule has 3 atom stereocenters. The summed E-state index contributed by atoms with van der Waals surface area (Å²) < 4.78 is 36.8. The maximum atomic E-state index is 12.3. The second-order valence-corrected chi connectivity index (χ2v) is 6.63. The molecule has 0 aromatic rings. The number of rotatable bonds is 3. The quantitative estimate of drug-likeness (QED) is 0.861. The van der Waals surface area contributed by atoms with Gasteiger partial charge in [-0.15, -0.1) is 0 Å². The molecule has 0 aromatic carbocycles. The maximum Gasteiger partial charge on any atom is 0.406 e. The Balaban J connectivity index is 1.85. The Labute approximate surface area is 134 Å². The minimum Gasteiger partial charge on any atom is -0.335 e. The second kappa shape index (κ2) is 6.97. The Morgan fingerprint density at radius 2 is 1.91 bits per heavy atom. The largest absolute Gasteiger partial charge is 0.406 e. The van der Waals surface area contributed by atoms with E-state index in [0.717, 1.165) is 32.7 Å². The fourth-order valence-electron chi connectivity index (χ4n) is 3.79. The average molecular weight is 335 g/mol. The molecule has 5 nitrogen and oxygen atoms in total. The van der Waals surface area contributed by atoms with Crippen LogP contribution in [0.1, 0.15) is 39.0 Å². The predicted octanol–water partition coefficient (Wildman–Crippen LogP) is 2.37. The van der Waals surface area contributed by atoms with E-state index in [1.807, 2.05) is 6.92 Å². The number of nitrogens with zero attached hydrogens (tertiary/aromatic N) is 2. The number of likely N-dealkylation sites (N-methyl/N-ethyl adjacent to an activating group) is 1. The number of hydrogen-bond donors (Lipinski definition) is 1. The van der Waals surface area contributed by atoms with E-state index in [1.54, 1.807) is 4.90 Å². The molecule has 23 heavy (non-hydrogen) atoms. The summed E-state index contributed by atoms with van der Waals surface area (Å²) in [6.07, 6.45) is 0.874. The minimum absolute atomic E-state index is 0.103. The number of urea groups is 1. The van der Waals surface area contributed by atoms with Crippen LogP contribution in [0, 0.1) is 5.92 Å². The molecular formula is C15H24F3N3O2. The molecule has 132 valence electrons. The lowest BCUT2D eigenvalue weighted by atomic mass is 9.85. The summed E-state index contributed by atoms with van der Waals surface area (Å²) in [6.45, 7) is 0.258. The summed E-state index contributed by atoms with van der Waals surface area (Å²) >= 11 is 0. The van der Waals surface area contributed by atoms with E-state index in [1.165, 1.54) is 6.42 Å². The van der Waals surface area contributed by atoms with Crippen LogP contribution < -0.4 is 5.32 Å². The Kier molecular flexibility index (Phi) is 5.41. The zero-order valence-electron chi connectivity index (χ0n) is 13.5. The highest BCUT2D eigenvalue weighted by Gasteiger charge is 2.42. The van der Waals surface area contributed by atoms with Gasteiger partial charge in [-0.2, -0.15) is 13.2 Å². The van der Waals surface area contributed by atoms with Gasteiger partial charge >= 0.3 is 12.2 Å². The van der Waals surface area contributed by atoms with Crippen molar-refractivity contribution < 1.29 is 22.8 Å². The molecule has 1 aliphatic carbocycles. The molecule has 0 spiro atoms. The van der Waals surface area contributed by atoms with Crippen LogP contribution in [-0.4, -0.2) is 60.1 Å². The summed E-state index contributed by atoms with van der Waals surface area (Å²) in [4.78, 5) is 26.4. The van der Waals surface area contributed by atoms with Crippen LogP contribution in [0.5, 0.6) is 0 Å². The summed E-state index contributed by atoms with van der Waals surface area (Å²) in [5.41, 5.74) is 0. The molecule has 0 bridgehead atoms. The van der Waals surface area contributed by atoms with Gasteiger partial charge in [0.25, 0.3) is 0 Å². The fourth-order valence-corrected chi connectivity index (χ4v) is 3.79. The van der Waals surface area contributed by atoms with Gasteiger partial charge < -0.3 is 15.1 Å². The average Bonchev–Trinajstić information content (AvgIpc) is 2.78. The predicted molar refractivity (Wildman–Crippen MR) is 78.8 cm³/mol. The van der Waals surface area contributed by atoms with Gasteiger partial charge in [0.2, 0.25) is 5.91 Å². The lowest BCUT2D eigenvalue weighted by Crippen LogP contribution is -2.50. The number of nitrogens with one attached hydrogen (secondary N) is 1.